The van der Waals surface area contributed by atoms with Gasteiger partial charge in [0.1, 0.15) is 30.0 Å². The maximum Gasteiger partial charge on any atom is 0.338 e. The van der Waals surface area contributed by atoms with Crippen molar-refractivity contribution in [3.05, 3.63) is 119 Å². The molecule has 3 aromatic rings. The van der Waals surface area contributed by atoms with E-state index < -0.39 is 119 Å². The fraction of sp³-hybridized carbons (Fsp3) is 0.491. The Morgan fingerprint density at radius 2 is 1.42 bits per heavy atom. The van der Waals surface area contributed by atoms with Crippen molar-refractivity contribution in [2.45, 2.75) is 141 Å². The molecule has 7 rings (SSSR count). The van der Waals surface area contributed by atoms with Gasteiger partial charge in [-0.1, -0.05) is 100 Å². The van der Waals surface area contributed by atoms with E-state index in [1.807, 2.05) is 6.92 Å². The molecule has 1 amide bonds. The maximum absolute atomic E-state index is 16.1. The van der Waals surface area contributed by atoms with Crippen LogP contribution in [0.25, 0.3) is 0 Å². The minimum Gasteiger partial charge on any atom is -0.461 e. The average Bonchev–Trinajstić information content (AvgIpc) is 3.31. The summed E-state index contributed by atoms with van der Waals surface area (Å²) in [5, 5.41) is 28.6. The second-order valence-corrected chi connectivity index (χ2v) is 19.3. The van der Waals surface area contributed by atoms with Crippen molar-refractivity contribution in [3.63, 3.8) is 0 Å². The van der Waals surface area contributed by atoms with E-state index in [9.17, 15) is 39.0 Å². The zero-order valence-electron chi connectivity index (χ0n) is 39.9. The lowest BCUT2D eigenvalue weighted by atomic mass is 9.44. The summed E-state index contributed by atoms with van der Waals surface area (Å²) in [6, 6.07) is 23.0. The van der Waals surface area contributed by atoms with Gasteiger partial charge in [-0.3, -0.25) is 24.0 Å². The fourth-order valence-corrected chi connectivity index (χ4v) is 11.1. The van der Waals surface area contributed by atoms with Crippen molar-refractivity contribution in [2.24, 2.45) is 16.7 Å². The summed E-state index contributed by atoms with van der Waals surface area (Å²) < 4.78 is 37.3. The number of ketones is 1. The first kappa shape index (κ1) is 50.6. The number of nitrogens with one attached hydrogen (secondary N) is 1. The Morgan fingerprint density at radius 1 is 0.812 bits per heavy atom. The number of ether oxygens (including phenoxy) is 6. The van der Waals surface area contributed by atoms with Crippen LogP contribution >= 0.6 is 0 Å². The highest BCUT2D eigenvalue weighted by Crippen LogP contribution is 2.65. The third-order valence-corrected chi connectivity index (χ3v) is 14.7. The quantitative estimate of drug-likeness (QED) is 0.0701. The van der Waals surface area contributed by atoms with Gasteiger partial charge >= 0.3 is 29.8 Å². The predicted octanol–water partition coefficient (Wildman–Crippen LogP) is 5.87. The second kappa shape index (κ2) is 20.0. The molecule has 16 nitrogen and oxygen atoms in total. The summed E-state index contributed by atoms with van der Waals surface area (Å²) in [5.74, 6) is -7.55. The number of carbonyl (C=O) groups is 7. The molecule has 0 spiro atoms. The van der Waals surface area contributed by atoms with Gasteiger partial charge in [0.05, 0.1) is 29.5 Å². The van der Waals surface area contributed by atoms with Crippen molar-refractivity contribution in [1.82, 2.24) is 5.32 Å². The van der Waals surface area contributed by atoms with Crippen molar-refractivity contribution >= 4 is 41.5 Å². The highest BCUT2D eigenvalue weighted by molar-refractivity contribution is 5.96. The van der Waals surface area contributed by atoms with Gasteiger partial charge in [0.15, 0.2) is 23.6 Å². The van der Waals surface area contributed by atoms with E-state index >= 15 is 4.79 Å². The van der Waals surface area contributed by atoms with Crippen molar-refractivity contribution < 1.29 is 72.2 Å². The standard InChI is InChI=1S/C53H61NO15/c1-8-9-13-26-39(57)67-37-27-38-52(29-64-38,69-32(4)56)44-46(68-48(61)35-24-18-12-19-25-35)53(63)28-36(30(2)40(50(53,5)6)43(65-31(3)55)45(59)51(37,44)7)66-49(62)42(58)41(33-20-14-10-15-21-33)54-47(60)34-22-16-11-17-23-34/h10-12,14-25,36-38,41-44,46,58,63H,8-9,13,26-29H2,1-7H3,(H,54,60)/t36-,37-,38+,41-,42+,43+,44-,46-,51+,52-,53+/m0/s1. The summed E-state index contributed by atoms with van der Waals surface area (Å²) in [6.45, 7) is 10.0. The molecule has 3 N–H and O–H groups in total. The topological polar surface area (TPSA) is 227 Å². The Hall–Kier alpha value is -6.23. The number of carbonyl (C=O) groups excluding carboxylic acids is 7. The summed E-state index contributed by atoms with van der Waals surface area (Å²) in [5.41, 5.74) is -7.21. The molecule has 16 heteroatoms. The van der Waals surface area contributed by atoms with Gasteiger partial charge in [-0.15, -0.1) is 0 Å². The van der Waals surface area contributed by atoms with Crippen LogP contribution in [0.5, 0.6) is 0 Å². The molecule has 2 saturated carbocycles. The maximum atomic E-state index is 16.1. The number of hydrogen-bond acceptors (Lipinski definition) is 15. The van der Waals surface area contributed by atoms with Crippen LogP contribution in [0.4, 0.5) is 0 Å². The third-order valence-electron chi connectivity index (χ3n) is 14.7. The molecule has 3 aliphatic carbocycles. The summed E-state index contributed by atoms with van der Waals surface area (Å²) in [7, 11) is 0. The van der Waals surface area contributed by atoms with E-state index in [1.54, 1.807) is 92.7 Å². The minimum atomic E-state index is -2.44. The number of aliphatic hydroxyl groups excluding tert-OH is 1. The van der Waals surface area contributed by atoms with Crippen molar-refractivity contribution in [3.8, 4) is 0 Å². The van der Waals surface area contributed by atoms with Crippen molar-refractivity contribution in [2.75, 3.05) is 6.61 Å². The lowest BCUT2D eigenvalue weighted by Gasteiger charge is -2.67. The number of rotatable bonds is 15. The van der Waals surface area contributed by atoms with Crippen LogP contribution in [0.2, 0.25) is 0 Å². The number of Topliss-reactive ketones (excluding diaryl/α,β-unsaturated/α-hetero) is 1. The number of fused-ring (bicyclic) bond motifs is 5. The van der Waals surface area contributed by atoms with Crippen LogP contribution in [0.1, 0.15) is 119 Å². The highest BCUT2D eigenvalue weighted by Gasteiger charge is 2.79. The first-order valence-electron chi connectivity index (χ1n) is 23.4. The van der Waals surface area contributed by atoms with Crippen LogP contribution < -0.4 is 5.32 Å². The van der Waals surface area contributed by atoms with Gasteiger partial charge < -0.3 is 44.0 Å². The van der Waals surface area contributed by atoms with Crippen LogP contribution in [0.15, 0.2) is 102 Å². The highest BCUT2D eigenvalue weighted by atomic mass is 16.6. The van der Waals surface area contributed by atoms with Gasteiger partial charge in [-0.25, -0.2) is 9.59 Å². The van der Waals surface area contributed by atoms with E-state index in [0.29, 0.717) is 12.0 Å². The molecular weight excluding hydrogens is 891 g/mol. The van der Waals surface area contributed by atoms with E-state index in [4.69, 9.17) is 28.4 Å². The monoisotopic (exact) mass is 951 g/mol. The molecular formula is C53H61NO15. The number of aliphatic hydroxyl groups is 2. The molecule has 3 fully saturated rings. The van der Waals surface area contributed by atoms with Crippen LogP contribution in [-0.2, 0) is 52.4 Å². The van der Waals surface area contributed by atoms with E-state index in [-0.39, 0.29) is 41.7 Å². The van der Waals surface area contributed by atoms with Crippen LogP contribution in [-0.4, -0.2) is 106 Å². The molecule has 0 unspecified atom stereocenters. The molecule has 11 atom stereocenters. The number of hydrogen-bond donors (Lipinski definition) is 3. The molecule has 69 heavy (non-hydrogen) atoms. The smallest absolute Gasteiger partial charge is 0.338 e. The normalized spacial score (nSPS) is 29.7. The fourth-order valence-electron chi connectivity index (χ4n) is 11.1. The van der Waals surface area contributed by atoms with Gasteiger partial charge in [-0.05, 0) is 61.2 Å². The molecule has 1 aliphatic heterocycles. The molecule has 368 valence electrons. The molecule has 3 aromatic carbocycles. The van der Waals surface area contributed by atoms with Crippen molar-refractivity contribution in [1.29, 1.82) is 0 Å². The number of amides is 1. The summed E-state index contributed by atoms with van der Waals surface area (Å²) >= 11 is 0. The van der Waals surface area contributed by atoms with Gasteiger partial charge in [-0.2, -0.15) is 0 Å². The zero-order valence-corrected chi connectivity index (χ0v) is 39.9. The first-order valence-corrected chi connectivity index (χ1v) is 23.4. The Labute approximate surface area is 401 Å². The molecule has 2 bridgehead atoms. The number of benzene rings is 3. The second-order valence-electron chi connectivity index (χ2n) is 19.3. The molecule has 1 saturated heterocycles. The summed E-state index contributed by atoms with van der Waals surface area (Å²) in [6.07, 6.45) is -8.44. The molecule has 4 aliphatic rings. The Bertz CT molecular complexity index is 2470. The van der Waals surface area contributed by atoms with E-state index in [1.165, 1.54) is 26.0 Å². The van der Waals surface area contributed by atoms with Gasteiger partial charge in [0.2, 0.25) is 0 Å². The van der Waals surface area contributed by atoms with Gasteiger partial charge in [0.25, 0.3) is 5.91 Å². The number of unbranched alkanes of at least 4 members (excludes halogenated alkanes) is 2. The minimum absolute atomic E-state index is 0.000872. The van der Waals surface area contributed by atoms with Crippen LogP contribution in [0.3, 0.4) is 0 Å². The van der Waals surface area contributed by atoms with E-state index in [0.717, 1.165) is 26.7 Å². The first-order chi connectivity index (χ1) is 32.7. The SMILES string of the molecule is CCCCCC(=O)O[C@H]1C[C@H]2OC[C@@]2(OC(C)=O)[C@H]2[C@H](OC(=O)c3ccccc3)[C@]3(O)C[C@H](OC(=O)[C@H](O)[C@@H](NC(=O)c4ccccc4)c4ccccc4)C(C)=C([C@@H](OC(C)=O)C(=O)[C@]12C)C3(C)C. The van der Waals surface area contributed by atoms with E-state index in [2.05, 4.69) is 5.32 Å². The average molecular weight is 952 g/mol. The Kier molecular flexibility index (Phi) is 14.7. The zero-order chi connectivity index (χ0) is 50.1. The van der Waals surface area contributed by atoms with Gasteiger partial charge in [0, 0.05) is 44.1 Å². The predicted molar refractivity (Wildman–Crippen MR) is 246 cm³/mol. The largest absolute Gasteiger partial charge is 0.461 e. The lowest BCUT2D eigenvalue weighted by Crippen LogP contribution is -2.82. The third kappa shape index (κ3) is 9.33. The summed E-state index contributed by atoms with van der Waals surface area (Å²) in [4.78, 5) is 99.0. The number of esters is 5. The Balaban J connectivity index is 1.41. The molecule has 1 heterocycles. The molecule has 0 aromatic heterocycles. The molecule has 0 radical (unpaired) electrons. The lowest BCUT2D eigenvalue weighted by molar-refractivity contribution is -0.346. The Morgan fingerprint density at radius 3 is 1.99 bits per heavy atom. The van der Waals surface area contributed by atoms with Crippen LogP contribution in [0, 0.1) is 16.7 Å².